The minimum Gasteiger partial charge on any atom is -0.409 e. The van der Waals surface area contributed by atoms with Crippen molar-refractivity contribution in [1.82, 2.24) is 0 Å². The summed E-state index contributed by atoms with van der Waals surface area (Å²) in [6.07, 6.45) is 1.43. The van der Waals surface area contributed by atoms with Gasteiger partial charge in [0.05, 0.1) is 0 Å². The summed E-state index contributed by atoms with van der Waals surface area (Å²) in [4.78, 5) is 9.67. The van der Waals surface area contributed by atoms with E-state index in [9.17, 15) is 9.18 Å². The summed E-state index contributed by atoms with van der Waals surface area (Å²) in [6, 6.07) is 5.57. The van der Waals surface area contributed by atoms with Crippen LogP contribution in [-0.2, 0) is 4.79 Å². The second kappa shape index (κ2) is 6.19. The van der Waals surface area contributed by atoms with Crippen LogP contribution in [0.1, 0.15) is 5.56 Å². The van der Waals surface area contributed by atoms with Gasteiger partial charge in [-0.05, 0) is 12.1 Å². The average molecular weight is 312 g/mol. The summed E-state index contributed by atoms with van der Waals surface area (Å²) in [5.74, 6) is 4.27. The van der Waals surface area contributed by atoms with E-state index in [-0.39, 0.29) is 43.6 Å². The van der Waals surface area contributed by atoms with Crippen molar-refractivity contribution >= 4 is 6.29 Å². The third-order valence-electron chi connectivity index (χ3n) is 1.10. The van der Waals surface area contributed by atoms with Crippen LogP contribution in [0.5, 0.6) is 0 Å². The molecule has 0 aliphatic heterocycles. The third-order valence-corrected chi connectivity index (χ3v) is 1.10. The Morgan fingerprint density at radius 1 is 1.25 bits per heavy atom. The second-order valence-corrected chi connectivity index (χ2v) is 1.86. The molecule has 0 heterocycles. The first-order valence-electron chi connectivity index (χ1n) is 2.96. The minimum atomic E-state index is -0.314. The van der Waals surface area contributed by atoms with Crippen LogP contribution in [-0.4, -0.2) is 6.29 Å². The number of hydrogen-bond donors (Lipinski definition) is 0. The molecule has 3 heteroatoms. The molecule has 1 aromatic rings. The second-order valence-electron chi connectivity index (χ2n) is 1.86. The molecule has 0 saturated carbocycles. The fourth-order valence-corrected chi connectivity index (χ4v) is 0.631. The van der Waals surface area contributed by atoms with Gasteiger partial charge in [0, 0.05) is 44.0 Å². The van der Waals surface area contributed by atoms with E-state index in [4.69, 9.17) is 0 Å². The van der Waals surface area contributed by atoms with Gasteiger partial charge in [-0.2, -0.15) is 0 Å². The van der Waals surface area contributed by atoms with Crippen LogP contribution in [0.2, 0.25) is 0 Å². The summed E-state index contributed by atoms with van der Waals surface area (Å²) >= 11 is 0. The Morgan fingerprint density at radius 3 is 2.33 bits per heavy atom. The van der Waals surface area contributed by atoms with E-state index in [0.29, 0.717) is 5.56 Å². The predicted octanol–water partition coefficient (Wildman–Crippen LogP) is 1.29. The van der Waals surface area contributed by atoms with E-state index in [1.807, 2.05) is 0 Å². The molecule has 1 rings (SSSR count). The molecular weight excluding hydrogens is 308 g/mol. The van der Waals surface area contributed by atoms with Crippen LogP contribution < -0.4 is 0 Å². The fourth-order valence-electron chi connectivity index (χ4n) is 0.631. The molecule has 1 aromatic carbocycles. The molecule has 0 fully saturated rings. The normalized spacial score (nSPS) is 7.42. The van der Waals surface area contributed by atoms with Crippen LogP contribution in [0.25, 0.3) is 0 Å². The molecule has 0 spiro atoms. The van der Waals surface area contributed by atoms with Gasteiger partial charge in [0.25, 0.3) is 0 Å². The van der Waals surface area contributed by atoms with E-state index in [0.717, 1.165) is 0 Å². The molecule has 0 saturated heterocycles. The standard InChI is InChI=1S/C9H4FO.Ho/c10-9-5-3-8(4-6-9)2-1-7-11;/h3-6H;/q-1;. The van der Waals surface area contributed by atoms with Crippen molar-refractivity contribution in [1.29, 1.82) is 0 Å². The van der Waals surface area contributed by atoms with Gasteiger partial charge in [0.1, 0.15) is 5.82 Å². The molecular formula is C9H4FHoO-. The molecule has 0 N–H and O–H groups in total. The predicted molar refractivity (Wildman–Crippen MR) is 39.0 cm³/mol. The van der Waals surface area contributed by atoms with Crippen molar-refractivity contribution in [2.75, 3.05) is 0 Å². The first kappa shape index (κ1) is 11.6. The van der Waals surface area contributed by atoms with E-state index < -0.39 is 0 Å². The van der Waals surface area contributed by atoms with Gasteiger partial charge in [-0.3, -0.25) is 11.8 Å². The van der Waals surface area contributed by atoms with Crippen LogP contribution in [0, 0.1) is 55.4 Å². The monoisotopic (exact) mass is 312 g/mol. The van der Waals surface area contributed by atoms with Gasteiger partial charge in [-0.15, -0.1) is 0 Å². The van der Waals surface area contributed by atoms with Crippen LogP contribution in [0.15, 0.2) is 24.3 Å². The Labute approximate surface area is 100.0 Å². The van der Waals surface area contributed by atoms with Crippen LogP contribution in [0.3, 0.4) is 0 Å². The number of carbonyl (C=O) groups excluding carboxylic acids is 1. The molecule has 1 radical (unpaired) electrons. The molecule has 12 heavy (non-hydrogen) atoms. The summed E-state index contributed by atoms with van der Waals surface area (Å²) in [5, 5.41) is 0. The van der Waals surface area contributed by atoms with E-state index in [2.05, 4.69) is 11.8 Å². The number of rotatable bonds is 0. The topological polar surface area (TPSA) is 17.1 Å². The SMILES string of the molecule is O=[C-]C#Cc1ccc(F)cc1.[Ho]. The Kier molecular flexibility index (Phi) is 6.00. The van der Waals surface area contributed by atoms with E-state index >= 15 is 0 Å². The molecule has 0 bridgehead atoms. The number of halogens is 1. The molecule has 1 nitrogen and oxygen atoms in total. The zero-order valence-electron chi connectivity index (χ0n) is 5.90. The third kappa shape index (κ3) is 3.87. The largest absolute Gasteiger partial charge is 0.409 e. The molecule has 0 aliphatic rings. The van der Waals surface area contributed by atoms with Gasteiger partial charge < -0.3 is 4.79 Å². The van der Waals surface area contributed by atoms with E-state index in [1.165, 1.54) is 30.6 Å². The van der Waals surface area contributed by atoms with Crippen molar-refractivity contribution in [3.05, 3.63) is 35.6 Å². The Morgan fingerprint density at radius 2 is 1.83 bits per heavy atom. The zero-order chi connectivity index (χ0) is 8.10. The molecule has 0 unspecified atom stereocenters. The number of hydrogen-bond acceptors (Lipinski definition) is 1. The number of benzene rings is 1. The molecule has 0 atom stereocenters. The van der Waals surface area contributed by atoms with Crippen LogP contribution in [0.4, 0.5) is 4.39 Å². The van der Waals surface area contributed by atoms with Gasteiger partial charge in [-0.1, -0.05) is 17.7 Å². The van der Waals surface area contributed by atoms with Crippen molar-refractivity contribution in [3.63, 3.8) is 0 Å². The smallest absolute Gasteiger partial charge is 0.123 e. The molecule has 0 amide bonds. The van der Waals surface area contributed by atoms with Gasteiger partial charge >= 0.3 is 0 Å². The summed E-state index contributed by atoms with van der Waals surface area (Å²) < 4.78 is 12.3. The maximum absolute atomic E-state index is 12.3. The van der Waals surface area contributed by atoms with Crippen LogP contribution >= 0.6 is 0 Å². The van der Waals surface area contributed by atoms with Crippen molar-refractivity contribution < 1.29 is 46.9 Å². The summed E-state index contributed by atoms with van der Waals surface area (Å²) in [5.41, 5.74) is 0.606. The Hall–Kier alpha value is -0.360. The van der Waals surface area contributed by atoms with Gasteiger partial charge in [0.2, 0.25) is 0 Å². The Bertz CT molecular complexity index is 308. The fraction of sp³-hybridized carbons (Fsp3) is 0. The summed E-state index contributed by atoms with van der Waals surface area (Å²) in [6.45, 7) is 0. The van der Waals surface area contributed by atoms with Crippen molar-refractivity contribution in [2.24, 2.45) is 0 Å². The zero-order valence-corrected chi connectivity index (χ0v) is 7.83. The maximum Gasteiger partial charge on any atom is 0.123 e. The first-order chi connectivity index (χ1) is 5.33. The van der Waals surface area contributed by atoms with E-state index in [1.54, 1.807) is 0 Å². The summed E-state index contributed by atoms with van der Waals surface area (Å²) in [7, 11) is 0. The first-order valence-corrected chi connectivity index (χ1v) is 2.96. The van der Waals surface area contributed by atoms with Gasteiger partial charge in [0.15, 0.2) is 0 Å². The molecule has 0 aliphatic carbocycles. The Balaban J connectivity index is 0.00000121. The minimum absolute atomic E-state index is 0. The quantitative estimate of drug-likeness (QED) is 0.401. The van der Waals surface area contributed by atoms with Crippen molar-refractivity contribution in [2.45, 2.75) is 0 Å². The van der Waals surface area contributed by atoms with Crippen molar-refractivity contribution in [3.8, 4) is 11.8 Å². The molecule has 65 valence electrons. The average Bonchev–Trinajstić information content (AvgIpc) is 2.04. The van der Waals surface area contributed by atoms with Gasteiger partial charge in [-0.25, -0.2) is 4.39 Å². The maximum atomic E-state index is 12.3. The molecule has 0 aromatic heterocycles.